The zero-order valence-electron chi connectivity index (χ0n) is 11.6. The van der Waals surface area contributed by atoms with Crippen LogP contribution in [-0.4, -0.2) is 30.4 Å². The van der Waals surface area contributed by atoms with E-state index < -0.39 is 6.10 Å². The van der Waals surface area contributed by atoms with Crippen LogP contribution in [0.15, 0.2) is 28.7 Å². The lowest BCUT2D eigenvalue weighted by Crippen LogP contribution is -2.40. The average molecular weight is 340 g/mol. The van der Waals surface area contributed by atoms with Crippen LogP contribution in [0.1, 0.15) is 25.7 Å². The van der Waals surface area contributed by atoms with Crippen molar-refractivity contribution in [3.05, 3.63) is 28.7 Å². The molecule has 1 aromatic rings. The lowest BCUT2D eigenvalue weighted by atomic mass is 10.1. The first-order valence-electron chi connectivity index (χ1n) is 7.52. The molecule has 2 fully saturated rings. The van der Waals surface area contributed by atoms with Gasteiger partial charge in [0.25, 0.3) is 0 Å². The van der Waals surface area contributed by atoms with Gasteiger partial charge >= 0.3 is 0 Å². The fourth-order valence-electron chi connectivity index (χ4n) is 2.71. The Bertz CT molecular complexity index is 434. The summed E-state index contributed by atoms with van der Waals surface area (Å²) in [4.78, 5) is 0. The number of hydrogen-bond donors (Lipinski definition) is 2. The van der Waals surface area contributed by atoms with Crippen LogP contribution in [0.2, 0.25) is 0 Å². The van der Waals surface area contributed by atoms with Gasteiger partial charge in [0.2, 0.25) is 0 Å². The molecule has 1 unspecified atom stereocenters. The Kier molecular flexibility index (Phi) is 4.64. The summed E-state index contributed by atoms with van der Waals surface area (Å²) in [7, 11) is 0. The second-order valence-electron chi connectivity index (χ2n) is 6.03. The first-order valence-corrected chi connectivity index (χ1v) is 8.31. The van der Waals surface area contributed by atoms with Crippen molar-refractivity contribution in [1.82, 2.24) is 5.32 Å². The highest BCUT2D eigenvalue weighted by atomic mass is 79.9. The minimum absolute atomic E-state index is 0.339. The lowest BCUT2D eigenvalue weighted by Gasteiger charge is -2.20. The molecule has 0 aromatic heterocycles. The normalized spacial score (nSPS) is 20.1. The molecule has 1 atom stereocenters. The van der Waals surface area contributed by atoms with Gasteiger partial charge in [-0.25, -0.2) is 0 Å². The van der Waals surface area contributed by atoms with Gasteiger partial charge in [-0.1, -0.05) is 22.0 Å². The van der Waals surface area contributed by atoms with Crippen LogP contribution in [0.4, 0.5) is 0 Å². The van der Waals surface area contributed by atoms with Crippen molar-refractivity contribution in [2.75, 3.05) is 13.2 Å². The van der Waals surface area contributed by atoms with Crippen molar-refractivity contribution in [1.29, 1.82) is 0 Å². The van der Waals surface area contributed by atoms with Gasteiger partial charge in [0.05, 0.1) is 0 Å². The topological polar surface area (TPSA) is 41.5 Å². The third-order valence-electron chi connectivity index (χ3n) is 4.09. The molecule has 0 radical (unpaired) electrons. The first-order chi connectivity index (χ1) is 9.72. The molecule has 4 heteroatoms. The monoisotopic (exact) mass is 339 g/mol. The molecular formula is C16H22BrNO2. The molecule has 0 aliphatic heterocycles. The van der Waals surface area contributed by atoms with Crippen molar-refractivity contribution < 1.29 is 9.84 Å². The van der Waals surface area contributed by atoms with E-state index in [4.69, 9.17) is 4.74 Å². The summed E-state index contributed by atoms with van der Waals surface area (Å²) < 4.78 is 6.60. The molecule has 110 valence electrons. The zero-order valence-corrected chi connectivity index (χ0v) is 13.2. The fraction of sp³-hybridized carbons (Fsp3) is 0.625. The fourth-order valence-corrected chi connectivity index (χ4v) is 3.09. The standard InChI is InChI=1S/C16H22BrNO2/c17-13-2-1-3-15(8-13)20-10-14(19)9-18-16(11-4-5-11)12-6-7-12/h1-3,8,11-12,14,16,18-19H,4-7,9-10H2. The van der Waals surface area contributed by atoms with Crippen LogP contribution in [0.25, 0.3) is 0 Å². The Balaban J connectivity index is 1.39. The van der Waals surface area contributed by atoms with Gasteiger partial charge < -0.3 is 15.2 Å². The summed E-state index contributed by atoms with van der Waals surface area (Å²) in [6.07, 6.45) is 4.99. The molecule has 0 amide bonds. The summed E-state index contributed by atoms with van der Waals surface area (Å²) in [5, 5.41) is 13.6. The van der Waals surface area contributed by atoms with Crippen molar-refractivity contribution in [3.8, 4) is 5.75 Å². The number of aliphatic hydroxyl groups excluding tert-OH is 1. The van der Waals surface area contributed by atoms with E-state index in [1.165, 1.54) is 25.7 Å². The molecule has 2 aliphatic rings. The minimum Gasteiger partial charge on any atom is -0.491 e. The number of hydrogen-bond acceptors (Lipinski definition) is 3. The maximum Gasteiger partial charge on any atom is 0.120 e. The molecule has 20 heavy (non-hydrogen) atoms. The Morgan fingerprint density at radius 3 is 2.55 bits per heavy atom. The molecule has 0 bridgehead atoms. The number of aliphatic hydroxyl groups is 1. The van der Waals surface area contributed by atoms with Crippen molar-refractivity contribution in [2.24, 2.45) is 11.8 Å². The van der Waals surface area contributed by atoms with Crippen LogP contribution in [0, 0.1) is 11.8 Å². The molecular weight excluding hydrogens is 318 g/mol. The van der Waals surface area contributed by atoms with Crippen LogP contribution >= 0.6 is 15.9 Å². The number of ether oxygens (including phenoxy) is 1. The van der Waals surface area contributed by atoms with Crippen LogP contribution in [0.5, 0.6) is 5.75 Å². The second kappa shape index (κ2) is 6.46. The van der Waals surface area contributed by atoms with E-state index in [1.54, 1.807) is 0 Å². The smallest absolute Gasteiger partial charge is 0.120 e. The quantitative estimate of drug-likeness (QED) is 0.765. The van der Waals surface area contributed by atoms with Gasteiger partial charge in [0.1, 0.15) is 18.5 Å². The maximum absolute atomic E-state index is 10.0. The second-order valence-corrected chi connectivity index (χ2v) is 6.95. The minimum atomic E-state index is -0.450. The highest BCUT2D eigenvalue weighted by Gasteiger charge is 2.41. The number of halogens is 1. The molecule has 2 aliphatic carbocycles. The SMILES string of the molecule is OC(CNC(C1CC1)C1CC1)COc1cccc(Br)c1. The highest BCUT2D eigenvalue weighted by Crippen LogP contribution is 2.44. The Labute approximate surface area is 128 Å². The van der Waals surface area contributed by atoms with Gasteiger partial charge in [0, 0.05) is 17.1 Å². The van der Waals surface area contributed by atoms with E-state index in [0.29, 0.717) is 19.2 Å². The molecule has 0 spiro atoms. The lowest BCUT2D eigenvalue weighted by molar-refractivity contribution is 0.101. The van der Waals surface area contributed by atoms with Gasteiger partial charge in [-0.3, -0.25) is 0 Å². The van der Waals surface area contributed by atoms with Gasteiger partial charge in [-0.2, -0.15) is 0 Å². The summed E-state index contributed by atoms with van der Waals surface area (Å²) in [6, 6.07) is 8.34. The number of benzene rings is 1. The molecule has 3 nitrogen and oxygen atoms in total. The zero-order chi connectivity index (χ0) is 13.9. The van der Waals surface area contributed by atoms with Gasteiger partial charge in [-0.05, 0) is 55.7 Å². The summed E-state index contributed by atoms with van der Waals surface area (Å²) >= 11 is 3.41. The molecule has 1 aromatic carbocycles. The largest absolute Gasteiger partial charge is 0.491 e. The van der Waals surface area contributed by atoms with Crippen molar-refractivity contribution in [3.63, 3.8) is 0 Å². The van der Waals surface area contributed by atoms with Gasteiger partial charge in [-0.15, -0.1) is 0 Å². The molecule has 2 N–H and O–H groups in total. The van der Waals surface area contributed by atoms with Crippen molar-refractivity contribution >= 4 is 15.9 Å². The maximum atomic E-state index is 10.0. The predicted molar refractivity (Wildman–Crippen MR) is 82.9 cm³/mol. The summed E-state index contributed by atoms with van der Waals surface area (Å²) in [5.41, 5.74) is 0. The van der Waals surface area contributed by atoms with E-state index in [-0.39, 0.29) is 0 Å². The molecule has 0 saturated heterocycles. The predicted octanol–water partition coefficient (Wildman–Crippen LogP) is 2.97. The van der Waals surface area contributed by atoms with E-state index in [0.717, 1.165) is 22.1 Å². The first kappa shape index (κ1) is 14.4. The van der Waals surface area contributed by atoms with E-state index >= 15 is 0 Å². The van der Waals surface area contributed by atoms with Crippen LogP contribution < -0.4 is 10.1 Å². The highest BCUT2D eigenvalue weighted by molar-refractivity contribution is 9.10. The number of nitrogens with one attached hydrogen (secondary N) is 1. The third kappa shape index (κ3) is 4.21. The molecule has 0 heterocycles. The van der Waals surface area contributed by atoms with E-state index in [9.17, 15) is 5.11 Å². The Morgan fingerprint density at radius 1 is 1.25 bits per heavy atom. The average Bonchev–Trinajstić information content (AvgIpc) is 3.29. The number of rotatable bonds is 8. The summed E-state index contributed by atoms with van der Waals surface area (Å²) in [5.74, 6) is 2.51. The van der Waals surface area contributed by atoms with Gasteiger partial charge in [0.15, 0.2) is 0 Å². The van der Waals surface area contributed by atoms with E-state index in [2.05, 4.69) is 21.2 Å². The van der Waals surface area contributed by atoms with E-state index in [1.807, 2.05) is 24.3 Å². The molecule has 3 rings (SSSR count). The third-order valence-corrected chi connectivity index (χ3v) is 4.58. The Morgan fingerprint density at radius 2 is 1.95 bits per heavy atom. The molecule has 2 saturated carbocycles. The van der Waals surface area contributed by atoms with Crippen LogP contribution in [0.3, 0.4) is 0 Å². The van der Waals surface area contributed by atoms with Crippen molar-refractivity contribution in [2.45, 2.75) is 37.8 Å². The Hall–Kier alpha value is -0.580. The summed E-state index contributed by atoms with van der Waals surface area (Å²) in [6.45, 7) is 0.969. The van der Waals surface area contributed by atoms with Crippen LogP contribution in [-0.2, 0) is 0 Å².